The van der Waals surface area contributed by atoms with E-state index in [1.165, 1.54) is 11.3 Å². The van der Waals surface area contributed by atoms with E-state index in [4.69, 9.17) is 15.2 Å². The second kappa shape index (κ2) is 5.93. The third-order valence-electron chi connectivity index (χ3n) is 2.69. The Hall–Kier alpha value is -1.75. The summed E-state index contributed by atoms with van der Waals surface area (Å²) in [4.78, 5) is 4.32. The van der Waals surface area contributed by atoms with Crippen LogP contribution in [0, 0.1) is 6.92 Å². The summed E-state index contributed by atoms with van der Waals surface area (Å²) in [6, 6.07) is 3.96. The van der Waals surface area contributed by atoms with Crippen LogP contribution >= 0.6 is 11.3 Å². The maximum atomic E-state index is 5.69. The summed E-state index contributed by atoms with van der Waals surface area (Å²) >= 11 is 1.44. The van der Waals surface area contributed by atoms with Crippen molar-refractivity contribution >= 4 is 16.5 Å². The Balaban J connectivity index is 2.47. The molecular formula is C14H18N2O2S. The summed E-state index contributed by atoms with van der Waals surface area (Å²) in [6.07, 6.45) is 0. The van der Waals surface area contributed by atoms with E-state index < -0.39 is 0 Å². The molecule has 0 aliphatic heterocycles. The summed E-state index contributed by atoms with van der Waals surface area (Å²) in [5, 5.41) is 2.52. The van der Waals surface area contributed by atoms with E-state index in [1.54, 1.807) is 0 Å². The molecule has 0 fully saturated rings. The van der Waals surface area contributed by atoms with Gasteiger partial charge in [-0.15, -0.1) is 11.3 Å². The zero-order chi connectivity index (χ0) is 13.8. The molecule has 0 atom stereocenters. The predicted octanol–water partition coefficient (Wildman–Crippen LogP) is 3.50. The lowest BCUT2D eigenvalue weighted by atomic mass is 10.1. The first-order valence-electron chi connectivity index (χ1n) is 6.27. The van der Waals surface area contributed by atoms with Crippen molar-refractivity contribution in [1.82, 2.24) is 4.98 Å². The molecule has 0 bridgehead atoms. The van der Waals surface area contributed by atoms with Crippen molar-refractivity contribution in [2.24, 2.45) is 0 Å². The van der Waals surface area contributed by atoms with E-state index in [1.807, 2.05) is 38.3 Å². The Morgan fingerprint density at radius 2 is 1.79 bits per heavy atom. The van der Waals surface area contributed by atoms with Crippen LogP contribution in [0.15, 0.2) is 17.5 Å². The third kappa shape index (κ3) is 2.98. The highest BCUT2D eigenvalue weighted by molar-refractivity contribution is 7.13. The van der Waals surface area contributed by atoms with Crippen LogP contribution in [-0.4, -0.2) is 18.2 Å². The summed E-state index contributed by atoms with van der Waals surface area (Å²) in [6.45, 7) is 7.16. The molecule has 2 N–H and O–H groups in total. The number of thiazole rings is 1. The van der Waals surface area contributed by atoms with Gasteiger partial charge in [0.25, 0.3) is 0 Å². The lowest BCUT2D eigenvalue weighted by Crippen LogP contribution is -2.00. The number of aryl methyl sites for hydroxylation is 1. The normalized spacial score (nSPS) is 10.5. The average molecular weight is 278 g/mol. The number of nitrogen functional groups attached to an aromatic ring is 1. The fraction of sp³-hybridized carbons (Fsp3) is 0.357. The van der Waals surface area contributed by atoms with E-state index in [0.717, 1.165) is 28.3 Å². The third-order valence-corrected chi connectivity index (χ3v) is 3.36. The molecule has 102 valence electrons. The number of benzene rings is 1. The highest BCUT2D eigenvalue weighted by Gasteiger charge is 2.13. The highest BCUT2D eigenvalue weighted by atomic mass is 32.1. The van der Waals surface area contributed by atoms with Crippen LogP contribution in [0.3, 0.4) is 0 Å². The molecule has 0 amide bonds. The molecule has 0 saturated heterocycles. The zero-order valence-electron chi connectivity index (χ0n) is 11.4. The van der Waals surface area contributed by atoms with Gasteiger partial charge in [-0.05, 0) is 38.5 Å². The molecule has 1 heterocycles. The van der Waals surface area contributed by atoms with Gasteiger partial charge in [0.1, 0.15) is 0 Å². The minimum absolute atomic E-state index is 0.571. The van der Waals surface area contributed by atoms with Crippen LogP contribution in [0.4, 0.5) is 5.13 Å². The van der Waals surface area contributed by atoms with Crippen LogP contribution in [0.2, 0.25) is 0 Å². The van der Waals surface area contributed by atoms with Crippen molar-refractivity contribution in [3.05, 3.63) is 23.1 Å². The minimum atomic E-state index is 0.571. The molecule has 0 spiro atoms. The topological polar surface area (TPSA) is 57.4 Å². The van der Waals surface area contributed by atoms with E-state index in [9.17, 15) is 0 Å². The number of rotatable bonds is 5. The Labute approximate surface area is 117 Å². The number of hydrogen-bond donors (Lipinski definition) is 1. The maximum absolute atomic E-state index is 5.69. The van der Waals surface area contributed by atoms with Gasteiger partial charge in [-0.25, -0.2) is 4.98 Å². The molecule has 0 unspecified atom stereocenters. The maximum Gasteiger partial charge on any atom is 0.180 e. The molecule has 1 aromatic heterocycles. The van der Waals surface area contributed by atoms with Gasteiger partial charge in [-0.2, -0.15) is 0 Å². The van der Waals surface area contributed by atoms with Crippen LogP contribution in [0.5, 0.6) is 11.5 Å². The summed E-state index contributed by atoms with van der Waals surface area (Å²) in [5.74, 6) is 1.52. The van der Waals surface area contributed by atoms with Crippen molar-refractivity contribution in [2.75, 3.05) is 18.9 Å². The molecular weight excluding hydrogens is 260 g/mol. The standard InChI is InChI=1S/C14H18N2O2S/c1-4-17-12-6-9(3)10(7-13(12)18-5-2)11-8-19-14(15)16-11/h6-8H,4-5H2,1-3H3,(H2,15,16). The van der Waals surface area contributed by atoms with Crippen molar-refractivity contribution < 1.29 is 9.47 Å². The van der Waals surface area contributed by atoms with Crippen molar-refractivity contribution in [1.29, 1.82) is 0 Å². The van der Waals surface area contributed by atoms with Gasteiger partial charge in [-0.3, -0.25) is 0 Å². The Morgan fingerprint density at radius 1 is 1.16 bits per heavy atom. The van der Waals surface area contributed by atoms with Crippen LogP contribution in [0.25, 0.3) is 11.3 Å². The van der Waals surface area contributed by atoms with E-state index in [2.05, 4.69) is 4.98 Å². The summed E-state index contributed by atoms with van der Waals surface area (Å²) < 4.78 is 11.2. The lowest BCUT2D eigenvalue weighted by Gasteiger charge is -2.14. The first-order chi connectivity index (χ1) is 9.15. The average Bonchev–Trinajstić information content (AvgIpc) is 2.79. The first kappa shape index (κ1) is 13.7. The number of ether oxygens (including phenoxy) is 2. The minimum Gasteiger partial charge on any atom is -0.490 e. The van der Waals surface area contributed by atoms with E-state index >= 15 is 0 Å². The molecule has 19 heavy (non-hydrogen) atoms. The fourth-order valence-electron chi connectivity index (χ4n) is 1.89. The number of anilines is 1. The van der Waals surface area contributed by atoms with Crippen molar-refractivity contribution in [3.8, 4) is 22.8 Å². The lowest BCUT2D eigenvalue weighted by molar-refractivity contribution is 0.287. The largest absolute Gasteiger partial charge is 0.490 e. The molecule has 0 aliphatic carbocycles. The van der Waals surface area contributed by atoms with Crippen LogP contribution < -0.4 is 15.2 Å². The Kier molecular flexibility index (Phi) is 4.27. The van der Waals surface area contributed by atoms with Gasteiger partial charge >= 0.3 is 0 Å². The van der Waals surface area contributed by atoms with Gasteiger partial charge in [0.05, 0.1) is 18.9 Å². The molecule has 5 heteroatoms. The molecule has 2 aromatic rings. The quantitative estimate of drug-likeness (QED) is 0.909. The number of nitrogens with two attached hydrogens (primary N) is 1. The summed E-state index contributed by atoms with van der Waals surface area (Å²) in [5.41, 5.74) is 8.69. The molecule has 0 aliphatic rings. The fourth-order valence-corrected chi connectivity index (χ4v) is 2.45. The zero-order valence-corrected chi connectivity index (χ0v) is 12.2. The van der Waals surface area contributed by atoms with E-state index in [0.29, 0.717) is 18.3 Å². The molecule has 4 nitrogen and oxygen atoms in total. The van der Waals surface area contributed by atoms with Gasteiger partial charge in [0, 0.05) is 10.9 Å². The first-order valence-corrected chi connectivity index (χ1v) is 7.15. The Bertz CT molecular complexity index is 567. The number of nitrogens with zero attached hydrogens (tertiary/aromatic N) is 1. The molecule has 0 radical (unpaired) electrons. The number of aromatic nitrogens is 1. The second-order valence-electron chi connectivity index (χ2n) is 4.05. The summed E-state index contributed by atoms with van der Waals surface area (Å²) in [7, 11) is 0. The van der Waals surface area contributed by atoms with Gasteiger partial charge in [0.15, 0.2) is 16.6 Å². The SMILES string of the molecule is CCOc1cc(C)c(-c2csc(N)n2)cc1OCC. The predicted molar refractivity (Wildman–Crippen MR) is 79.0 cm³/mol. The van der Waals surface area contributed by atoms with Crippen LogP contribution in [0.1, 0.15) is 19.4 Å². The van der Waals surface area contributed by atoms with Gasteiger partial charge < -0.3 is 15.2 Å². The van der Waals surface area contributed by atoms with Crippen molar-refractivity contribution in [3.63, 3.8) is 0 Å². The monoisotopic (exact) mass is 278 g/mol. The number of hydrogen-bond acceptors (Lipinski definition) is 5. The second-order valence-corrected chi connectivity index (χ2v) is 4.94. The Morgan fingerprint density at radius 3 is 2.32 bits per heavy atom. The van der Waals surface area contributed by atoms with Crippen LogP contribution in [-0.2, 0) is 0 Å². The highest BCUT2D eigenvalue weighted by Crippen LogP contribution is 2.36. The van der Waals surface area contributed by atoms with E-state index in [-0.39, 0.29) is 0 Å². The molecule has 0 saturated carbocycles. The molecule has 2 rings (SSSR count). The smallest absolute Gasteiger partial charge is 0.180 e. The van der Waals surface area contributed by atoms with Gasteiger partial charge in [0.2, 0.25) is 0 Å². The van der Waals surface area contributed by atoms with Gasteiger partial charge in [-0.1, -0.05) is 0 Å². The molecule has 1 aromatic carbocycles. The van der Waals surface area contributed by atoms with Crippen molar-refractivity contribution in [2.45, 2.75) is 20.8 Å².